The Kier molecular flexibility index (Phi) is 3.43. The molecule has 1 aromatic rings. The van der Waals surface area contributed by atoms with Gasteiger partial charge in [-0.05, 0) is 24.3 Å². The van der Waals surface area contributed by atoms with Gasteiger partial charge in [0, 0.05) is 5.56 Å². The number of Topliss-reactive ketones (excluding diaryl/α,β-unsaturated/α-hetero) is 1. The lowest BCUT2D eigenvalue weighted by Crippen LogP contribution is -2.13. The van der Waals surface area contributed by atoms with Gasteiger partial charge in [0.2, 0.25) is 0 Å². The summed E-state index contributed by atoms with van der Waals surface area (Å²) in [5.74, 6) is -0.420. The van der Waals surface area contributed by atoms with Crippen molar-refractivity contribution < 1.29 is 22.5 Å². The van der Waals surface area contributed by atoms with Gasteiger partial charge in [-0.1, -0.05) is 0 Å². The molecule has 0 heterocycles. The molecular weight excluding hydrogens is 220 g/mol. The number of hydrogen-bond acceptors (Lipinski definition) is 5. The molecule has 0 amide bonds. The second kappa shape index (κ2) is 4.41. The molecule has 0 aliphatic heterocycles. The lowest BCUT2D eigenvalue weighted by atomic mass is 10.1. The van der Waals surface area contributed by atoms with Crippen LogP contribution in [0.1, 0.15) is 10.4 Å². The summed E-state index contributed by atoms with van der Waals surface area (Å²) in [5, 5.41) is 8.96. The van der Waals surface area contributed by atoms with Crippen LogP contribution in [0.25, 0.3) is 0 Å². The van der Waals surface area contributed by atoms with Gasteiger partial charge in [-0.2, -0.15) is 8.42 Å². The van der Waals surface area contributed by atoms with Crippen molar-refractivity contribution >= 4 is 15.9 Å². The molecule has 0 saturated carbocycles. The second-order valence-corrected chi connectivity index (χ2v) is 4.58. The lowest BCUT2D eigenvalue weighted by Gasteiger charge is -2.01. The average Bonchev–Trinajstić information content (AvgIpc) is 2.14. The van der Waals surface area contributed by atoms with Gasteiger partial charge in [0.1, 0.15) is 12.4 Å². The summed E-state index contributed by atoms with van der Waals surface area (Å²) >= 11 is 0. The maximum absolute atomic E-state index is 11.3. The number of aromatic hydroxyl groups is 1. The molecule has 6 heteroatoms. The maximum Gasteiger partial charge on any atom is 0.264 e. The number of ketones is 1. The third-order valence-corrected chi connectivity index (χ3v) is 2.14. The summed E-state index contributed by atoms with van der Waals surface area (Å²) in [6.45, 7) is -0.524. The van der Waals surface area contributed by atoms with Crippen molar-refractivity contribution in [3.8, 4) is 5.75 Å². The number of phenolic OH excluding ortho intramolecular Hbond substituents is 1. The molecule has 0 spiro atoms. The van der Waals surface area contributed by atoms with Crippen LogP contribution in [0.2, 0.25) is 0 Å². The van der Waals surface area contributed by atoms with Crippen LogP contribution >= 0.6 is 0 Å². The Labute approximate surface area is 87.4 Å². The number of hydrogen-bond donors (Lipinski definition) is 1. The zero-order valence-corrected chi connectivity index (χ0v) is 8.82. The standard InChI is InChI=1S/C9H10O5S/c1-15(12,13)14-6-9(11)7-2-4-8(10)5-3-7/h2-5,10H,6H2,1H3. The Morgan fingerprint density at radius 1 is 1.33 bits per heavy atom. The molecule has 0 fully saturated rings. The first kappa shape index (κ1) is 11.7. The van der Waals surface area contributed by atoms with E-state index < -0.39 is 22.5 Å². The van der Waals surface area contributed by atoms with Gasteiger partial charge in [-0.25, -0.2) is 0 Å². The van der Waals surface area contributed by atoms with E-state index in [9.17, 15) is 13.2 Å². The fourth-order valence-electron chi connectivity index (χ4n) is 0.891. The third-order valence-electron chi connectivity index (χ3n) is 1.59. The number of rotatable bonds is 4. The van der Waals surface area contributed by atoms with Crippen molar-refractivity contribution in [2.75, 3.05) is 12.9 Å². The summed E-state index contributed by atoms with van der Waals surface area (Å²) in [6.07, 6.45) is 0.872. The van der Waals surface area contributed by atoms with E-state index in [1.165, 1.54) is 24.3 Å². The molecule has 0 radical (unpaired) electrons. The van der Waals surface area contributed by atoms with E-state index in [4.69, 9.17) is 5.11 Å². The molecule has 15 heavy (non-hydrogen) atoms. The van der Waals surface area contributed by atoms with Crippen molar-refractivity contribution in [3.63, 3.8) is 0 Å². The van der Waals surface area contributed by atoms with Crippen LogP contribution in [0.3, 0.4) is 0 Å². The third kappa shape index (κ3) is 4.09. The summed E-state index contributed by atoms with van der Waals surface area (Å²) in [4.78, 5) is 11.3. The molecule has 0 aliphatic rings. The van der Waals surface area contributed by atoms with E-state index >= 15 is 0 Å². The molecule has 0 aliphatic carbocycles. The molecule has 0 saturated heterocycles. The molecule has 82 valence electrons. The van der Waals surface area contributed by atoms with E-state index in [1.807, 2.05) is 0 Å². The van der Waals surface area contributed by atoms with Gasteiger partial charge in [-0.15, -0.1) is 0 Å². The molecule has 1 aromatic carbocycles. The summed E-state index contributed by atoms with van der Waals surface area (Å²) < 4.78 is 25.5. The topological polar surface area (TPSA) is 80.7 Å². The fourth-order valence-corrected chi connectivity index (χ4v) is 1.21. The average molecular weight is 230 g/mol. The Morgan fingerprint density at radius 3 is 2.33 bits per heavy atom. The SMILES string of the molecule is CS(=O)(=O)OCC(=O)c1ccc(O)cc1. The normalized spacial score (nSPS) is 11.3. The highest BCUT2D eigenvalue weighted by Gasteiger charge is 2.09. The Morgan fingerprint density at radius 2 is 1.87 bits per heavy atom. The molecule has 0 aromatic heterocycles. The first-order valence-corrected chi connectivity index (χ1v) is 5.87. The van der Waals surface area contributed by atoms with Crippen molar-refractivity contribution in [2.24, 2.45) is 0 Å². The van der Waals surface area contributed by atoms with Gasteiger partial charge >= 0.3 is 0 Å². The van der Waals surface area contributed by atoms with E-state index in [-0.39, 0.29) is 11.3 Å². The number of carbonyl (C=O) groups excluding carboxylic acids is 1. The van der Waals surface area contributed by atoms with Crippen LogP contribution in [0.5, 0.6) is 5.75 Å². The lowest BCUT2D eigenvalue weighted by molar-refractivity contribution is 0.0925. The molecule has 0 unspecified atom stereocenters. The van der Waals surface area contributed by atoms with Crippen molar-refractivity contribution in [1.29, 1.82) is 0 Å². The maximum atomic E-state index is 11.3. The Hall–Kier alpha value is -1.40. The monoisotopic (exact) mass is 230 g/mol. The van der Waals surface area contributed by atoms with Crippen LogP contribution in [0.4, 0.5) is 0 Å². The van der Waals surface area contributed by atoms with Crippen molar-refractivity contribution in [1.82, 2.24) is 0 Å². The minimum absolute atomic E-state index is 0.0376. The van der Waals surface area contributed by atoms with Crippen LogP contribution < -0.4 is 0 Å². The minimum Gasteiger partial charge on any atom is -0.508 e. The number of carbonyl (C=O) groups is 1. The van der Waals surface area contributed by atoms with E-state index in [1.54, 1.807) is 0 Å². The Bertz CT molecular complexity index is 446. The summed E-state index contributed by atoms with van der Waals surface area (Å²) in [7, 11) is -3.61. The van der Waals surface area contributed by atoms with Crippen LogP contribution in [0.15, 0.2) is 24.3 Å². The molecule has 5 nitrogen and oxygen atoms in total. The van der Waals surface area contributed by atoms with Gasteiger partial charge in [-0.3, -0.25) is 8.98 Å². The number of benzene rings is 1. The first-order valence-electron chi connectivity index (χ1n) is 4.05. The van der Waals surface area contributed by atoms with Crippen molar-refractivity contribution in [3.05, 3.63) is 29.8 Å². The van der Waals surface area contributed by atoms with Crippen LogP contribution in [-0.2, 0) is 14.3 Å². The molecular formula is C9H10O5S. The first-order chi connectivity index (χ1) is 6.88. The summed E-state index contributed by atoms with van der Waals surface area (Å²) in [6, 6.07) is 5.47. The van der Waals surface area contributed by atoms with Crippen LogP contribution in [0, 0.1) is 0 Å². The van der Waals surface area contributed by atoms with Gasteiger partial charge in [0.25, 0.3) is 10.1 Å². The second-order valence-electron chi connectivity index (χ2n) is 2.94. The smallest absolute Gasteiger partial charge is 0.264 e. The quantitative estimate of drug-likeness (QED) is 0.603. The number of phenols is 1. The van der Waals surface area contributed by atoms with Crippen molar-refractivity contribution in [2.45, 2.75) is 0 Å². The summed E-state index contributed by atoms with van der Waals surface area (Å²) in [5.41, 5.74) is 0.288. The predicted octanol–water partition coefficient (Wildman–Crippen LogP) is 0.551. The fraction of sp³-hybridized carbons (Fsp3) is 0.222. The highest BCUT2D eigenvalue weighted by molar-refractivity contribution is 7.86. The zero-order chi connectivity index (χ0) is 11.5. The molecule has 1 N–H and O–H groups in total. The zero-order valence-electron chi connectivity index (χ0n) is 8.00. The van der Waals surface area contributed by atoms with E-state index in [2.05, 4.69) is 4.18 Å². The largest absolute Gasteiger partial charge is 0.508 e. The van der Waals surface area contributed by atoms with Gasteiger partial charge < -0.3 is 5.11 Å². The van der Waals surface area contributed by atoms with E-state index in [0.29, 0.717) is 0 Å². The highest BCUT2D eigenvalue weighted by Crippen LogP contribution is 2.10. The molecule has 0 atom stereocenters. The minimum atomic E-state index is -3.61. The molecule has 0 bridgehead atoms. The van der Waals surface area contributed by atoms with Gasteiger partial charge in [0.15, 0.2) is 5.78 Å². The highest BCUT2D eigenvalue weighted by atomic mass is 32.2. The van der Waals surface area contributed by atoms with Gasteiger partial charge in [0.05, 0.1) is 6.26 Å². The van der Waals surface area contributed by atoms with E-state index in [0.717, 1.165) is 6.26 Å². The predicted molar refractivity (Wildman–Crippen MR) is 53.2 cm³/mol. The van der Waals surface area contributed by atoms with Crippen LogP contribution in [-0.4, -0.2) is 32.2 Å². The molecule has 1 rings (SSSR count). The Balaban J connectivity index is 2.66.